The second-order valence-corrected chi connectivity index (χ2v) is 3.07. The lowest BCUT2D eigenvalue weighted by atomic mass is 10.1. The van der Waals surface area contributed by atoms with Crippen LogP contribution < -0.4 is 5.32 Å². The molecule has 0 unspecified atom stereocenters. The van der Waals surface area contributed by atoms with Crippen molar-refractivity contribution in [2.75, 3.05) is 20.2 Å². The van der Waals surface area contributed by atoms with Crippen LogP contribution >= 0.6 is 12.4 Å². The first-order valence-electron chi connectivity index (χ1n) is 5.11. The second-order valence-electron chi connectivity index (χ2n) is 3.07. The summed E-state index contributed by atoms with van der Waals surface area (Å²) in [5.41, 5.74) is 0. The van der Waals surface area contributed by atoms with E-state index in [0.29, 0.717) is 13.0 Å². The van der Waals surface area contributed by atoms with Crippen molar-refractivity contribution in [3.63, 3.8) is 0 Å². The number of unbranched alkanes of at least 4 members (excludes halogenated alkanes) is 3. The molecule has 86 valence electrons. The summed E-state index contributed by atoms with van der Waals surface area (Å²) in [6.45, 7) is 3.41. The summed E-state index contributed by atoms with van der Waals surface area (Å²) >= 11 is 0. The summed E-state index contributed by atoms with van der Waals surface area (Å²) in [7, 11) is 1.96. The van der Waals surface area contributed by atoms with Gasteiger partial charge >= 0.3 is 5.97 Å². The highest BCUT2D eigenvalue weighted by Gasteiger charge is 1.99. The zero-order valence-electron chi connectivity index (χ0n) is 9.17. The normalized spacial score (nSPS) is 9.29. The molecule has 3 nitrogen and oxygen atoms in total. The van der Waals surface area contributed by atoms with Gasteiger partial charge in [-0.1, -0.05) is 12.8 Å². The molecule has 0 aliphatic rings. The highest BCUT2D eigenvalue weighted by molar-refractivity contribution is 5.85. The molecule has 4 heteroatoms. The molecule has 0 saturated heterocycles. The molecular formula is C10H22ClNO2. The van der Waals surface area contributed by atoms with Gasteiger partial charge in [0.25, 0.3) is 0 Å². The van der Waals surface area contributed by atoms with E-state index < -0.39 is 0 Å². The van der Waals surface area contributed by atoms with Gasteiger partial charge in [-0.05, 0) is 33.4 Å². The number of esters is 1. The Labute approximate surface area is 93.0 Å². The maximum Gasteiger partial charge on any atom is 0.305 e. The summed E-state index contributed by atoms with van der Waals surface area (Å²) < 4.78 is 4.82. The summed E-state index contributed by atoms with van der Waals surface area (Å²) in [6.07, 6.45) is 5.05. The first-order chi connectivity index (χ1) is 6.31. The number of ether oxygens (including phenoxy) is 1. The molecule has 0 radical (unpaired) electrons. The Hall–Kier alpha value is -0.280. The molecule has 0 bridgehead atoms. The van der Waals surface area contributed by atoms with E-state index in [1.54, 1.807) is 0 Å². The largest absolute Gasteiger partial charge is 0.466 e. The molecule has 0 aromatic rings. The molecule has 0 rings (SSSR count). The first kappa shape index (κ1) is 16.2. The Morgan fingerprint density at radius 2 is 1.86 bits per heavy atom. The third-order valence-corrected chi connectivity index (χ3v) is 1.86. The van der Waals surface area contributed by atoms with Crippen molar-refractivity contribution in [2.24, 2.45) is 0 Å². The molecule has 0 aliphatic carbocycles. The van der Waals surface area contributed by atoms with Crippen LogP contribution in [0, 0.1) is 0 Å². The Morgan fingerprint density at radius 3 is 2.43 bits per heavy atom. The van der Waals surface area contributed by atoms with Crippen LogP contribution in [0.15, 0.2) is 0 Å². The Morgan fingerprint density at radius 1 is 1.21 bits per heavy atom. The zero-order chi connectivity index (χ0) is 9.94. The molecule has 0 aromatic carbocycles. The molecule has 0 aliphatic heterocycles. The van der Waals surface area contributed by atoms with E-state index in [1.807, 2.05) is 14.0 Å². The minimum atomic E-state index is -0.0592. The number of carbonyl (C=O) groups excluding carboxylic acids is 1. The van der Waals surface area contributed by atoms with E-state index in [1.165, 1.54) is 12.8 Å². The fourth-order valence-electron chi connectivity index (χ4n) is 1.16. The minimum Gasteiger partial charge on any atom is -0.466 e. The van der Waals surface area contributed by atoms with Gasteiger partial charge in [0.05, 0.1) is 6.61 Å². The van der Waals surface area contributed by atoms with Crippen molar-refractivity contribution < 1.29 is 9.53 Å². The molecule has 0 amide bonds. The van der Waals surface area contributed by atoms with E-state index in [0.717, 1.165) is 19.4 Å². The second kappa shape index (κ2) is 12.7. The lowest BCUT2D eigenvalue weighted by Crippen LogP contribution is -2.07. The first-order valence-corrected chi connectivity index (χ1v) is 5.11. The van der Waals surface area contributed by atoms with Crippen molar-refractivity contribution >= 4 is 18.4 Å². The SMILES string of the molecule is CCOC(=O)CCCCCCNC.Cl. The molecule has 0 aromatic heterocycles. The lowest BCUT2D eigenvalue weighted by molar-refractivity contribution is -0.143. The predicted octanol–water partition coefficient (Wildman–Crippen LogP) is 2.14. The molecule has 0 heterocycles. The summed E-state index contributed by atoms with van der Waals surface area (Å²) in [5.74, 6) is -0.0592. The molecule has 0 fully saturated rings. The zero-order valence-corrected chi connectivity index (χ0v) is 9.99. The molecule has 1 N–H and O–H groups in total. The van der Waals surface area contributed by atoms with Gasteiger partial charge in [0, 0.05) is 6.42 Å². The topological polar surface area (TPSA) is 38.3 Å². The third kappa shape index (κ3) is 11.7. The van der Waals surface area contributed by atoms with E-state index in [2.05, 4.69) is 5.32 Å². The summed E-state index contributed by atoms with van der Waals surface area (Å²) in [5, 5.41) is 3.10. The van der Waals surface area contributed by atoms with Crippen LogP contribution in [0.5, 0.6) is 0 Å². The fraction of sp³-hybridized carbons (Fsp3) is 0.900. The van der Waals surface area contributed by atoms with Gasteiger partial charge in [0.2, 0.25) is 0 Å². The maximum absolute atomic E-state index is 10.9. The molecule has 0 atom stereocenters. The number of nitrogens with one attached hydrogen (secondary N) is 1. The van der Waals surface area contributed by atoms with Crippen molar-refractivity contribution in [3.8, 4) is 0 Å². The number of hydrogen-bond acceptors (Lipinski definition) is 3. The fourth-order valence-corrected chi connectivity index (χ4v) is 1.16. The Balaban J connectivity index is 0. The van der Waals surface area contributed by atoms with Gasteiger partial charge in [0.15, 0.2) is 0 Å². The third-order valence-electron chi connectivity index (χ3n) is 1.86. The van der Waals surface area contributed by atoms with Gasteiger partial charge in [-0.15, -0.1) is 12.4 Å². The highest BCUT2D eigenvalue weighted by atomic mass is 35.5. The van der Waals surface area contributed by atoms with Crippen molar-refractivity contribution in [1.29, 1.82) is 0 Å². The smallest absolute Gasteiger partial charge is 0.305 e. The number of rotatable bonds is 8. The van der Waals surface area contributed by atoms with E-state index in [4.69, 9.17) is 4.74 Å². The average molecular weight is 224 g/mol. The summed E-state index contributed by atoms with van der Waals surface area (Å²) in [6, 6.07) is 0. The quantitative estimate of drug-likeness (QED) is 0.506. The monoisotopic (exact) mass is 223 g/mol. The van der Waals surface area contributed by atoms with Crippen LogP contribution in [-0.4, -0.2) is 26.2 Å². The minimum absolute atomic E-state index is 0. The maximum atomic E-state index is 10.9. The molecule has 14 heavy (non-hydrogen) atoms. The van der Waals surface area contributed by atoms with E-state index in [-0.39, 0.29) is 18.4 Å². The average Bonchev–Trinajstić information content (AvgIpc) is 2.11. The van der Waals surface area contributed by atoms with Crippen molar-refractivity contribution in [1.82, 2.24) is 5.32 Å². The van der Waals surface area contributed by atoms with Crippen LogP contribution in [0.2, 0.25) is 0 Å². The van der Waals surface area contributed by atoms with Crippen LogP contribution in [0.25, 0.3) is 0 Å². The highest BCUT2D eigenvalue weighted by Crippen LogP contribution is 2.03. The van der Waals surface area contributed by atoms with Crippen molar-refractivity contribution in [2.45, 2.75) is 39.0 Å². The van der Waals surface area contributed by atoms with Crippen LogP contribution in [0.3, 0.4) is 0 Å². The molecule has 0 spiro atoms. The van der Waals surface area contributed by atoms with Gasteiger partial charge < -0.3 is 10.1 Å². The van der Waals surface area contributed by atoms with Crippen LogP contribution in [0.4, 0.5) is 0 Å². The van der Waals surface area contributed by atoms with Gasteiger partial charge in [-0.25, -0.2) is 0 Å². The van der Waals surface area contributed by atoms with Gasteiger partial charge in [-0.2, -0.15) is 0 Å². The van der Waals surface area contributed by atoms with Gasteiger partial charge in [-0.3, -0.25) is 4.79 Å². The van der Waals surface area contributed by atoms with E-state index >= 15 is 0 Å². The summed E-state index contributed by atoms with van der Waals surface area (Å²) in [4.78, 5) is 10.9. The standard InChI is InChI=1S/C10H21NO2.ClH/c1-3-13-10(12)8-6-4-5-7-9-11-2;/h11H,3-9H2,1-2H3;1H. The van der Waals surface area contributed by atoms with Gasteiger partial charge in [0.1, 0.15) is 0 Å². The lowest BCUT2D eigenvalue weighted by Gasteiger charge is -2.01. The van der Waals surface area contributed by atoms with Crippen LogP contribution in [-0.2, 0) is 9.53 Å². The van der Waals surface area contributed by atoms with Crippen LogP contribution in [0.1, 0.15) is 39.0 Å². The van der Waals surface area contributed by atoms with E-state index in [9.17, 15) is 4.79 Å². The number of hydrogen-bond donors (Lipinski definition) is 1. The number of carbonyl (C=O) groups is 1. The Bertz CT molecular complexity index is 131. The predicted molar refractivity (Wildman–Crippen MR) is 60.9 cm³/mol. The Kier molecular flexibility index (Phi) is 14.7. The number of halogens is 1. The van der Waals surface area contributed by atoms with Crippen molar-refractivity contribution in [3.05, 3.63) is 0 Å². The molecule has 0 saturated carbocycles. The molecular weight excluding hydrogens is 202 g/mol.